The monoisotopic (exact) mass is 295 g/mol. The Hall–Kier alpha value is -2.31. The molecule has 114 valence electrons. The zero-order valence-corrected chi connectivity index (χ0v) is 11.6. The number of benzene rings is 1. The molecule has 1 aliphatic rings. The topological polar surface area (TPSA) is 61.9 Å². The van der Waals surface area contributed by atoms with Gasteiger partial charge in [0.2, 0.25) is 6.41 Å². The molecule has 3 amide bonds. The van der Waals surface area contributed by atoms with E-state index in [0.29, 0.717) is 38.5 Å². The molecule has 1 aromatic carbocycles. The van der Waals surface area contributed by atoms with Gasteiger partial charge in [-0.1, -0.05) is 6.07 Å². The molecule has 21 heavy (non-hydrogen) atoms. The van der Waals surface area contributed by atoms with Gasteiger partial charge in [0, 0.05) is 32.2 Å². The van der Waals surface area contributed by atoms with Gasteiger partial charge < -0.3 is 19.9 Å². The average Bonchev–Trinajstić information content (AvgIpc) is 2.51. The van der Waals surface area contributed by atoms with Gasteiger partial charge in [0.15, 0.2) is 0 Å². The first kappa shape index (κ1) is 15.1. The SMILES string of the molecule is O=CN1CCN(C(=O)NCCOc2cccc(F)c2)CC1. The van der Waals surface area contributed by atoms with Gasteiger partial charge in [-0.25, -0.2) is 9.18 Å². The van der Waals surface area contributed by atoms with E-state index in [1.54, 1.807) is 21.9 Å². The van der Waals surface area contributed by atoms with Crippen LogP contribution in [0.1, 0.15) is 0 Å². The van der Waals surface area contributed by atoms with Crippen LogP contribution in [-0.4, -0.2) is 61.6 Å². The van der Waals surface area contributed by atoms with Crippen LogP contribution < -0.4 is 10.1 Å². The van der Waals surface area contributed by atoms with E-state index < -0.39 is 0 Å². The van der Waals surface area contributed by atoms with E-state index in [-0.39, 0.29) is 18.5 Å². The average molecular weight is 295 g/mol. The largest absolute Gasteiger partial charge is 0.492 e. The Balaban J connectivity index is 1.64. The van der Waals surface area contributed by atoms with Crippen LogP contribution in [-0.2, 0) is 4.79 Å². The molecule has 0 bridgehead atoms. The first-order chi connectivity index (χ1) is 10.2. The van der Waals surface area contributed by atoms with Gasteiger partial charge in [-0.3, -0.25) is 4.79 Å². The summed E-state index contributed by atoms with van der Waals surface area (Å²) >= 11 is 0. The zero-order chi connectivity index (χ0) is 15.1. The molecule has 0 radical (unpaired) electrons. The molecule has 2 rings (SSSR count). The Morgan fingerprint density at radius 1 is 1.33 bits per heavy atom. The maximum Gasteiger partial charge on any atom is 0.317 e. The molecule has 1 saturated heterocycles. The van der Waals surface area contributed by atoms with Gasteiger partial charge >= 0.3 is 6.03 Å². The number of nitrogens with zero attached hydrogens (tertiary/aromatic N) is 2. The third-order valence-electron chi connectivity index (χ3n) is 3.19. The summed E-state index contributed by atoms with van der Waals surface area (Å²) in [5.41, 5.74) is 0. The highest BCUT2D eigenvalue weighted by atomic mass is 19.1. The number of carbonyl (C=O) groups is 2. The molecule has 1 aliphatic heterocycles. The number of hydrogen-bond acceptors (Lipinski definition) is 3. The molecule has 6 nitrogen and oxygen atoms in total. The zero-order valence-electron chi connectivity index (χ0n) is 11.6. The molecular weight excluding hydrogens is 277 g/mol. The van der Waals surface area contributed by atoms with Gasteiger partial charge in [0.05, 0.1) is 6.54 Å². The van der Waals surface area contributed by atoms with Crippen LogP contribution in [0.2, 0.25) is 0 Å². The third kappa shape index (κ3) is 4.62. The first-order valence-corrected chi connectivity index (χ1v) is 6.79. The number of rotatable bonds is 5. The van der Waals surface area contributed by atoms with Crippen molar-refractivity contribution in [3.05, 3.63) is 30.1 Å². The van der Waals surface area contributed by atoms with Crippen LogP contribution in [0.5, 0.6) is 5.75 Å². The first-order valence-electron chi connectivity index (χ1n) is 6.79. The van der Waals surface area contributed by atoms with Gasteiger partial charge in [-0.15, -0.1) is 0 Å². The highest BCUT2D eigenvalue weighted by molar-refractivity contribution is 5.74. The fourth-order valence-corrected chi connectivity index (χ4v) is 2.03. The van der Waals surface area contributed by atoms with Crippen molar-refractivity contribution in [2.75, 3.05) is 39.3 Å². The molecule has 1 fully saturated rings. The van der Waals surface area contributed by atoms with Gasteiger partial charge in [0.1, 0.15) is 18.2 Å². The summed E-state index contributed by atoms with van der Waals surface area (Å²) in [5.74, 6) is 0.0773. The number of piperazine rings is 1. The lowest BCUT2D eigenvalue weighted by atomic mass is 10.3. The van der Waals surface area contributed by atoms with E-state index in [0.717, 1.165) is 6.41 Å². The molecular formula is C14H18FN3O3. The minimum absolute atomic E-state index is 0.177. The van der Waals surface area contributed by atoms with Crippen molar-refractivity contribution in [1.82, 2.24) is 15.1 Å². The van der Waals surface area contributed by atoms with Crippen molar-refractivity contribution in [3.8, 4) is 5.75 Å². The highest BCUT2D eigenvalue weighted by Gasteiger charge is 2.19. The van der Waals surface area contributed by atoms with E-state index in [9.17, 15) is 14.0 Å². The smallest absolute Gasteiger partial charge is 0.317 e. The summed E-state index contributed by atoms with van der Waals surface area (Å²) < 4.78 is 18.3. The fraction of sp³-hybridized carbons (Fsp3) is 0.429. The van der Waals surface area contributed by atoms with Crippen molar-refractivity contribution in [3.63, 3.8) is 0 Å². The maximum absolute atomic E-state index is 12.9. The molecule has 1 aromatic rings. The minimum atomic E-state index is -0.357. The third-order valence-corrected chi connectivity index (χ3v) is 3.19. The minimum Gasteiger partial charge on any atom is -0.492 e. The van der Waals surface area contributed by atoms with Gasteiger partial charge in [0.25, 0.3) is 0 Å². The van der Waals surface area contributed by atoms with Crippen LogP contribution in [0.15, 0.2) is 24.3 Å². The Kier molecular flexibility index (Phi) is 5.36. The lowest BCUT2D eigenvalue weighted by Crippen LogP contribution is -2.51. The van der Waals surface area contributed by atoms with Gasteiger partial charge in [-0.2, -0.15) is 0 Å². The van der Waals surface area contributed by atoms with Crippen molar-refractivity contribution >= 4 is 12.4 Å². The predicted octanol–water partition coefficient (Wildman–Crippen LogP) is 0.688. The molecule has 0 aromatic heterocycles. The molecule has 7 heteroatoms. The quantitative estimate of drug-likeness (QED) is 0.642. The van der Waals surface area contributed by atoms with Gasteiger partial charge in [-0.05, 0) is 12.1 Å². The fourth-order valence-electron chi connectivity index (χ4n) is 2.03. The Morgan fingerprint density at radius 2 is 2.10 bits per heavy atom. The van der Waals surface area contributed by atoms with Crippen LogP contribution in [0.25, 0.3) is 0 Å². The predicted molar refractivity (Wildman–Crippen MR) is 74.5 cm³/mol. The van der Waals surface area contributed by atoms with Crippen LogP contribution in [0.4, 0.5) is 9.18 Å². The summed E-state index contributed by atoms with van der Waals surface area (Å²) in [6.07, 6.45) is 0.794. The number of carbonyl (C=O) groups excluding carboxylic acids is 2. The van der Waals surface area contributed by atoms with Crippen LogP contribution in [0.3, 0.4) is 0 Å². The number of ether oxygens (including phenoxy) is 1. The number of hydrogen-bond donors (Lipinski definition) is 1. The van der Waals surface area contributed by atoms with E-state index in [1.165, 1.54) is 12.1 Å². The van der Waals surface area contributed by atoms with E-state index in [1.807, 2.05) is 0 Å². The summed E-state index contributed by atoms with van der Waals surface area (Å²) in [6, 6.07) is 5.68. The second-order valence-electron chi connectivity index (χ2n) is 4.67. The molecule has 0 aliphatic carbocycles. The molecule has 1 heterocycles. The summed E-state index contributed by atoms with van der Waals surface area (Å²) in [5, 5.41) is 2.73. The number of amides is 3. The van der Waals surface area contributed by atoms with E-state index in [2.05, 4.69) is 5.32 Å². The summed E-state index contributed by atoms with van der Waals surface area (Å²) in [6.45, 7) is 2.75. The van der Waals surface area contributed by atoms with E-state index in [4.69, 9.17) is 4.74 Å². The number of nitrogens with one attached hydrogen (secondary N) is 1. The molecule has 0 atom stereocenters. The lowest BCUT2D eigenvalue weighted by molar-refractivity contribution is -0.119. The summed E-state index contributed by atoms with van der Waals surface area (Å²) in [7, 11) is 0. The molecule has 1 N–H and O–H groups in total. The lowest BCUT2D eigenvalue weighted by Gasteiger charge is -2.32. The van der Waals surface area contributed by atoms with Crippen LogP contribution in [0, 0.1) is 5.82 Å². The van der Waals surface area contributed by atoms with Crippen molar-refractivity contribution < 1.29 is 18.7 Å². The molecule has 0 saturated carbocycles. The number of urea groups is 1. The van der Waals surface area contributed by atoms with Crippen molar-refractivity contribution in [2.45, 2.75) is 0 Å². The van der Waals surface area contributed by atoms with Crippen molar-refractivity contribution in [1.29, 1.82) is 0 Å². The molecule has 0 unspecified atom stereocenters. The Bertz CT molecular complexity index is 490. The highest BCUT2D eigenvalue weighted by Crippen LogP contribution is 2.11. The normalized spacial score (nSPS) is 14.7. The van der Waals surface area contributed by atoms with Crippen molar-refractivity contribution in [2.24, 2.45) is 0 Å². The maximum atomic E-state index is 12.9. The van der Waals surface area contributed by atoms with Crippen LogP contribution >= 0.6 is 0 Å². The molecule has 0 spiro atoms. The second-order valence-corrected chi connectivity index (χ2v) is 4.67. The number of halogens is 1. The Labute approximate surface area is 122 Å². The standard InChI is InChI=1S/C14H18FN3O3/c15-12-2-1-3-13(10-12)21-9-4-16-14(20)18-7-5-17(11-19)6-8-18/h1-3,10-11H,4-9H2,(H,16,20). The van der Waals surface area contributed by atoms with E-state index >= 15 is 0 Å². The summed E-state index contributed by atoms with van der Waals surface area (Å²) in [4.78, 5) is 25.7. The second kappa shape index (κ2) is 7.47. The Morgan fingerprint density at radius 3 is 2.76 bits per heavy atom.